The highest BCUT2D eigenvalue weighted by molar-refractivity contribution is 5.70. The number of rotatable bonds is 53. The smallest absolute Gasteiger partial charge is 0.306 e. The van der Waals surface area contributed by atoms with Gasteiger partial charge in [0.05, 0.1) is 6.61 Å². The van der Waals surface area contributed by atoms with E-state index >= 15 is 0 Å². The van der Waals surface area contributed by atoms with E-state index in [2.05, 4.69) is 74.6 Å². The number of aliphatic hydroxyl groups excluding tert-OH is 1. The minimum absolute atomic E-state index is 0.0683. The van der Waals surface area contributed by atoms with E-state index in [1.165, 1.54) is 199 Å². The monoisotopic (exact) mass is 923 g/mol. The molecule has 0 saturated carbocycles. The average Bonchev–Trinajstić information content (AvgIpc) is 3.32. The van der Waals surface area contributed by atoms with Crippen LogP contribution in [0.5, 0.6) is 0 Å². The number of hydrogen-bond acceptors (Lipinski definition) is 5. The Labute approximate surface area is 411 Å². The average molecular weight is 924 g/mol. The fraction of sp³-hybridized carbons (Fsp3) is 0.803. The number of esters is 2. The number of ether oxygens (including phenoxy) is 2. The Morgan fingerprint density at radius 3 is 0.985 bits per heavy atom. The Kier molecular flexibility index (Phi) is 54.9. The summed E-state index contributed by atoms with van der Waals surface area (Å²) in [4.78, 5) is 24.5. The molecule has 0 heterocycles. The quantitative estimate of drug-likeness (QED) is 0.0374. The van der Waals surface area contributed by atoms with Gasteiger partial charge in [0, 0.05) is 12.8 Å². The standard InChI is InChI=1S/C61H110O5/c1-3-5-7-9-11-13-15-17-19-21-22-23-24-25-26-27-28-29-30-31-32-33-34-35-36-37-38-40-41-43-45-47-49-51-53-55-60(63)65-58-59(57-62)66-61(64)56-54-52-50-48-46-44-42-39-20-18-16-14-12-10-8-6-4-2/h6,8,12,14-15,17-18,20-22,59,62H,3-5,7,9-11,13,16,19,23-58H2,1-2H3/b8-6-,14-12-,17-15-,20-18-,22-21-. The van der Waals surface area contributed by atoms with Crippen LogP contribution in [0.2, 0.25) is 0 Å². The van der Waals surface area contributed by atoms with Crippen molar-refractivity contribution in [1.29, 1.82) is 0 Å². The van der Waals surface area contributed by atoms with E-state index in [0.717, 1.165) is 70.6 Å². The second-order valence-corrected chi connectivity index (χ2v) is 19.3. The molecule has 0 rings (SSSR count). The zero-order valence-corrected chi connectivity index (χ0v) is 44.0. The summed E-state index contributed by atoms with van der Waals surface area (Å²) in [7, 11) is 0. The Morgan fingerprint density at radius 2 is 0.652 bits per heavy atom. The number of carbonyl (C=O) groups is 2. The van der Waals surface area contributed by atoms with Crippen molar-refractivity contribution in [2.75, 3.05) is 13.2 Å². The van der Waals surface area contributed by atoms with Gasteiger partial charge >= 0.3 is 11.9 Å². The Morgan fingerprint density at radius 1 is 0.364 bits per heavy atom. The molecular formula is C61H110O5. The van der Waals surface area contributed by atoms with E-state index in [4.69, 9.17) is 9.47 Å². The Balaban J connectivity index is 3.41. The van der Waals surface area contributed by atoms with Crippen LogP contribution in [-0.2, 0) is 19.1 Å². The molecule has 384 valence electrons. The van der Waals surface area contributed by atoms with Crippen LogP contribution in [0.25, 0.3) is 0 Å². The predicted octanol–water partition coefficient (Wildman–Crippen LogP) is 19.4. The summed E-state index contributed by atoms with van der Waals surface area (Å²) in [6, 6.07) is 0. The molecule has 0 radical (unpaired) electrons. The van der Waals surface area contributed by atoms with Crippen LogP contribution in [0.1, 0.15) is 296 Å². The van der Waals surface area contributed by atoms with Gasteiger partial charge in [-0.1, -0.05) is 267 Å². The van der Waals surface area contributed by atoms with E-state index < -0.39 is 6.10 Å². The third-order valence-corrected chi connectivity index (χ3v) is 12.8. The maximum absolute atomic E-state index is 12.3. The van der Waals surface area contributed by atoms with Gasteiger partial charge in [0.2, 0.25) is 0 Å². The van der Waals surface area contributed by atoms with E-state index in [0.29, 0.717) is 12.8 Å². The van der Waals surface area contributed by atoms with E-state index in [1.54, 1.807) is 0 Å². The Bertz CT molecular complexity index is 1130. The van der Waals surface area contributed by atoms with Gasteiger partial charge in [-0.15, -0.1) is 0 Å². The third-order valence-electron chi connectivity index (χ3n) is 12.8. The first kappa shape index (κ1) is 63.6. The lowest BCUT2D eigenvalue weighted by Gasteiger charge is -2.15. The molecule has 0 amide bonds. The number of hydrogen-bond donors (Lipinski definition) is 1. The SMILES string of the molecule is CC/C=C\C/C=C\C/C=C\CCCCCCCCCC(=O)OC(CO)COC(=O)CCCCCCCCCCCCCCCCCCCCCCCCC/C=C\C/C=C\CCCCCCC. The molecule has 0 aromatic carbocycles. The topological polar surface area (TPSA) is 72.8 Å². The number of aliphatic hydroxyl groups is 1. The van der Waals surface area contributed by atoms with Gasteiger partial charge in [-0.05, 0) is 77.0 Å². The molecule has 5 heteroatoms. The third kappa shape index (κ3) is 54.2. The lowest BCUT2D eigenvalue weighted by molar-refractivity contribution is -0.161. The molecule has 0 aliphatic heterocycles. The van der Waals surface area contributed by atoms with Crippen LogP contribution < -0.4 is 0 Å². The number of unbranched alkanes of at least 4 members (excludes halogenated alkanes) is 35. The van der Waals surface area contributed by atoms with Gasteiger partial charge in [0.25, 0.3) is 0 Å². The van der Waals surface area contributed by atoms with Crippen LogP contribution in [0.15, 0.2) is 60.8 Å². The molecule has 1 atom stereocenters. The maximum Gasteiger partial charge on any atom is 0.306 e. The minimum atomic E-state index is -0.778. The molecule has 1 unspecified atom stereocenters. The van der Waals surface area contributed by atoms with Crippen molar-refractivity contribution in [3.63, 3.8) is 0 Å². The van der Waals surface area contributed by atoms with Crippen LogP contribution >= 0.6 is 0 Å². The van der Waals surface area contributed by atoms with Crippen molar-refractivity contribution in [1.82, 2.24) is 0 Å². The van der Waals surface area contributed by atoms with Gasteiger partial charge in [-0.25, -0.2) is 0 Å². The molecule has 66 heavy (non-hydrogen) atoms. The summed E-state index contributed by atoms with van der Waals surface area (Å²) in [6.07, 6.45) is 76.4. The maximum atomic E-state index is 12.3. The molecule has 0 spiro atoms. The fourth-order valence-corrected chi connectivity index (χ4v) is 8.49. The van der Waals surface area contributed by atoms with Crippen LogP contribution in [0, 0.1) is 0 Å². The molecular weight excluding hydrogens is 813 g/mol. The minimum Gasteiger partial charge on any atom is -0.462 e. The van der Waals surface area contributed by atoms with E-state index in [-0.39, 0.29) is 25.2 Å². The van der Waals surface area contributed by atoms with E-state index in [9.17, 15) is 14.7 Å². The summed E-state index contributed by atoms with van der Waals surface area (Å²) < 4.78 is 10.7. The molecule has 0 aliphatic carbocycles. The molecule has 0 fully saturated rings. The molecule has 0 aromatic rings. The van der Waals surface area contributed by atoms with Crippen molar-refractivity contribution < 1.29 is 24.2 Å². The first-order valence-corrected chi connectivity index (χ1v) is 28.8. The Hall–Kier alpha value is -2.40. The van der Waals surface area contributed by atoms with Crippen molar-refractivity contribution in [2.45, 2.75) is 302 Å². The zero-order valence-electron chi connectivity index (χ0n) is 44.0. The molecule has 5 nitrogen and oxygen atoms in total. The predicted molar refractivity (Wildman–Crippen MR) is 288 cm³/mol. The second-order valence-electron chi connectivity index (χ2n) is 19.3. The summed E-state index contributed by atoms with van der Waals surface area (Å²) in [5, 5.41) is 9.63. The first-order valence-electron chi connectivity index (χ1n) is 28.8. The number of carbonyl (C=O) groups excluding carboxylic acids is 2. The van der Waals surface area contributed by atoms with Crippen molar-refractivity contribution in [3.8, 4) is 0 Å². The van der Waals surface area contributed by atoms with Gasteiger partial charge in [-0.3, -0.25) is 9.59 Å². The molecule has 0 bridgehead atoms. The van der Waals surface area contributed by atoms with Crippen molar-refractivity contribution in [2.24, 2.45) is 0 Å². The van der Waals surface area contributed by atoms with Crippen LogP contribution in [-0.4, -0.2) is 36.4 Å². The summed E-state index contributed by atoms with van der Waals surface area (Å²) in [5.74, 6) is -0.592. The highest BCUT2D eigenvalue weighted by atomic mass is 16.6. The van der Waals surface area contributed by atoms with Gasteiger partial charge in [-0.2, -0.15) is 0 Å². The van der Waals surface area contributed by atoms with Gasteiger partial charge in [0.1, 0.15) is 6.61 Å². The summed E-state index contributed by atoms with van der Waals surface area (Å²) in [5.41, 5.74) is 0. The number of allylic oxidation sites excluding steroid dienone is 10. The van der Waals surface area contributed by atoms with Crippen LogP contribution in [0.3, 0.4) is 0 Å². The lowest BCUT2D eigenvalue weighted by Crippen LogP contribution is -2.28. The zero-order chi connectivity index (χ0) is 47.7. The van der Waals surface area contributed by atoms with Crippen LogP contribution in [0.4, 0.5) is 0 Å². The molecule has 0 saturated heterocycles. The molecule has 1 N–H and O–H groups in total. The fourth-order valence-electron chi connectivity index (χ4n) is 8.49. The highest BCUT2D eigenvalue weighted by Gasteiger charge is 2.16. The van der Waals surface area contributed by atoms with Gasteiger partial charge in [0.15, 0.2) is 6.10 Å². The van der Waals surface area contributed by atoms with Crippen molar-refractivity contribution >= 4 is 11.9 Å². The summed E-state index contributed by atoms with van der Waals surface area (Å²) >= 11 is 0. The van der Waals surface area contributed by atoms with Crippen molar-refractivity contribution in [3.05, 3.63) is 60.8 Å². The summed E-state index contributed by atoms with van der Waals surface area (Å²) in [6.45, 7) is 4.04. The van der Waals surface area contributed by atoms with Gasteiger partial charge < -0.3 is 14.6 Å². The molecule has 0 aromatic heterocycles. The normalized spacial score (nSPS) is 12.6. The largest absolute Gasteiger partial charge is 0.462 e. The second kappa shape index (κ2) is 56.9. The highest BCUT2D eigenvalue weighted by Crippen LogP contribution is 2.17. The van der Waals surface area contributed by atoms with E-state index in [1.807, 2.05) is 0 Å². The first-order chi connectivity index (χ1) is 32.6. The lowest BCUT2D eigenvalue weighted by atomic mass is 10.0. The molecule has 0 aliphatic rings.